The molecule has 11 heavy (non-hydrogen) atoms. The molecule has 0 aromatic rings. The Labute approximate surface area is 73.4 Å². The molecule has 0 saturated heterocycles. The minimum Gasteiger partial charge on any atom is -0.480 e. The molecular formula is C7H16ClNO2. The number of carbonyl (C=O) groups is 1. The lowest BCUT2D eigenvalue weighted by Crippen LogP contribution is -2.36. The van der Waals surface area contributed by atoms with Gasteiger partial charge in [0.1, 0.15) is 6.04 Å². The van der Waals surface area contributed by atoms with E-state index in [4.69, 9.17) is 10.8 Å². The Kier molecular flexibility index (Phi) is 7.79. The SMILES string of the molecule is CCCC(C)C(N)C(=O)O.Cl. The predicted octanol–water partition coefficient (Wildman–Crippen LogP) is 1.26. The zero-order valence-electron chi connectivity index (χ0n) is 6.91. The molecular weight excluding hydrogens is 166 g/mol. The summed E-state index contributed by atoms with van der Waals surface area (Å²) in [5.41, 5.74) is 5.35. The van der Waals surface area contributed by atoms with Crippen molar-refractivity contribution in [1.29, 1.82) is 0 Å². The van der Waals surface area contributed by atoms with Gasteiger partial charge in [-0.25, -0.2) is 0 Å². The molecule has 0 spiro atoms. The number of halogens is 1. The summed E-state index contributed by atoms with van der Waals surface area (Å²) in [6, 6.07) is -0.694. The lowest BCUT2D eigenvalue weighted by molar-refractivity contribution is -0.139. The van der Waals surface area contributed by atoms with Crippen LogP contribution < -0.4 is 5.73 Å². The van der Waals surface area contributed by atoms with Gasteiger partial charge in [-0.2, -0.15) is 0 Å². The smallest absolute Gasteiger partial charge is 0.320 e. The molecule has 0 aromatic heterocycles. The van der Waals surface area contributed by atoms with Crippen LogP contribution in [0, 0.1) is 5.92 Å². The van der Waals surface area contributed by atoms with E-state index in [0.29, 0.717) is 0 Å². The quantitative estimate of drug-likeness (QED) is 0.687. The molecule has 0 amide bonds. The van der Waals surface area contributed by atoms with Crippen molar-refractivity contribution in [3.63, 3.8) is 0 Å². The number of carboxylic acids is 1. The van der Waals surface area contributed by atoms with Gasteiger partial charge in [0.05, 0.1) is 0 Å². The van der Waals surface area contributed by atoms with E-state index >= 15 is 0 Å². The second kappa shape index (κ2) is 6.43. The Morgan fingerprint density at radius 1 is 1.64 bits per heavy atom. The van der Waals surface area contributed by atoms with Crippen LogP contribution in [0.3, 0.4) is 0 Å². The fourth-order valence-electron chi connectivity index (χ4n) is 0.878. The van der Waals surface area contributed by atoms with Crippen LogP contribution in [0.2, 0.25) is 0 Å². The van der Waals surface area contributed by atoms with Crippen LogP contribution in [0.1, 0.15) is 26.7 Å². The van der Waals surface area contributed by atoms with Crippen molar-refractivity contribution in [2.45, 2.75) is 32.7 Å². The first kappa shape index (κ1) is 13.3. The number of aliphatic carboxylic acids is 1. The van der Waals surface area contributed by atoms with Crippen molar-refractivity contribution in [2.75, 3.05) is 0 Å². The summed E-state index contributed by atoms with van der Waals surface area (Å²) in [6.45, 7) is 3.88. The van der Waals surface area contributed by atoms with Crippen LogP contribution in [-0.2, 0) is 4.79 Å². The summed E-state index contributed by atoms with van der Waals surface area (Å²) in [7, 11) is 0. The van der Waals surface area contributed by atoms with Crippen LogP contribution >= 0.6 is 12.4 Å². The Balaban J connectivity index is 0. The average Bonchev–Trinajstić information content (AvgIpc) is 1.87. The van der Waals surface area contributed by atoms with Crippen LogP contribution in [0.4, 0.5) is 0 Å². The second-order valence-electron chi connectivity index (χ2n) is 2.63. The number of nitrogens with two attached hydrogens (primary N) is 1. The summed E-state index contributed by atoms with van der Waals surface area (Å²) >= 11 is 0. The molecule has 0 fully saturated rings. The Morgan fingerprint density at radius 3 is 2.36 bits per heavy atom. The first-order chi connectivity index (χ1) is 4.59. The third-order valence-corrected chi connectivity index (χ3v) is 1.64. The van der Waals surface area contributed by atoms with E-state index in [0.717, 1.165) is 12.8 Å². The van der Waals surface area contributed by atoms with Gasteiger partial charge < -0.3 is 10.8 Å². The van der Waals surface area contributed by atoms with Crippen molar-refractivity contribution >= 4 is 18.4 Å². The largest absolute Gasteiger partial charge is 0.480 e. The van der Waals surface area contributed by atoms with E-state index in [2.05, 4.69) is 0 Å². The molecule has 0 saturated carbocycles. The van der Waals surface area contributed by atoms with Gasteiger partial charge in [0, 0.05) is 0 Å². The molecule has 0 bridgehead atoms. The van der Waals surface area contributed by atoms with Crippen LogP contribution in [-0.4, -0.2) is 17.1 Å². The van der Waals surface area contributed by atoms with E-state index in [1.165, 1.54) is 0 Å². The topological polar surface area (TPSA) is 63.3 Å². The van der Waals surface area contributed by atoms with E-state index in [1.807, 2.05) is 13.8 Å². The van der Waals surface area contributed by atoms with E-state index in [1.54, 1.807) is 0 Å². The third-order valence-electron chi connectivity index (χ3n) is 1.64. The average molecular weight is 182 g/mol. The summed E-state index contributed by atoms with van der Waals surface area (Å²) in [5, 5.41) is 8.45. The van der Waals surface area contributed by atoms with E-state index < -0.39 is 12.0 Å². The fourth-order valence-corrected chi connectivity index (χ4v) is 0.878. The third kappa shape index (κ3) is 5.04. The molecule has 2 unspecified atom stereocenters. The van der Waals surface area contributed by atoms with Crippen molar-refractivity contribution in [1.82, 2.24) is 0 Å². The molecule has 0 heterocycles. The monoisotopic (exact) mass is 181 g/mol. The highest BCUT2D eigenvalue weighted by Gasteiger charge is 2.18. The van der Waals surface area contributed by atoms with Crippen molar-refractivity contribution < 1.29 is 9.90 Å². The Bertz CT molecular complexity index is 119. The minimum atomic E-state index is -0.902. The Morgan fingerprint density at radius 2 is 2.09 bits per heavy atom. The van der Waals surface area contributed by atoms with Crippen LogP contribution in [0.25, 0.3) is 0 Å². The summed E-state index contributed by atoms with van der Waals surface area (Å²) in [6.07, 6.45) is 1.87. The fraction of sp³-hybridized carbons (Fsp3) is 0.857. The molecule has 0 aromatic carbocycles. The van der Waals surface area contributed by atoms with Gasteiger partial charge in [0.2, 0.25) is 0 Å². The Hall–Kier alpha value is -0.280. The highest BCUT2D eigenvalue weighted by Crippen LogP contribution is 2.08. The first-order valence-corrected chi connectivity index (χ1v) is 3.58. The van der Waals surface area contributed by atoms with Crippen LogP contribution in [0.15, 0.2) is 0 Å². The van der Waals surface area contributed by atoms with E-state index in [9.17, 15) is 4.79 Å². The van der Waals surface area contributed by atoms with E-state index in [-0.39, 0.29) is 18.3 Å². The molecule has 3 N–H and O–H groups in total. The van der Waals surface area contributed by atoms with Crippen molar-refractivity contribution in [3.8, 4) is 0 Å². The molecule has 2 atom stereocenters. The van der Waals surface area contributed by atoms with Gasteiger partial charge in [0.15, 0.2) is 0 Å². The second-order valence-corrected chi connectivity index (χ2v) is 2.63. The van der Waals surface area contributed by atoms with Gasteiger partial charge in [0.25, 0.3) is 0 Å². The van der Waals surface area contributed by atoms with Gasteiger partial charge in [-0.05, 0) is 12.3 Å². The van der Waals surface area contributed by atoms with Crippen molar-refractivity contribution in [2.24, 2.45) is 11.7 Å². The summed E-state index contributed by atoms with van der Waals surface area (Å²) in [4.78, 5) is 10.3. The molecule has 3 nitrogen and oxygen atoms in total. The molecule has 0 rings (SSSR count). The predicted molar refractivity (Wildman–Crippen MR) is 46.9 cm³/mol. The molecule has 0 radical (unpaired) electrons. The number of rotatable bonds is 4. The molecule has 4 heteroatoms. The van der Waals surface area contributed by atoms with Gasteiger partial charge in [-0.15, -0.1) is 12.4 Å². The molecule has 0 aliphatic rings. The van der Waals surface area contributed by atoms with Gasteiger partial charge in [-0.3, -0.25) is 4.79 Å². The number of hydrogen-bond acceptors (Lipinski definition) is 2. The highest BCUT2D eigenvalue weighted by molar-refractivity contribution is 5.85. The maximum atomic E-state index is 10.3. The lowest BCUT2D eigenvalue weighted by atomic mass is 9.98. The minimum absolute atomic E-state index is 0. The summed E-state index contributed by atoms with van der Waals surface area (Å²) < 4.78 is 0. The van der Waals surface area contributed by atoms with Gasteiger partial charge >= 0.3 is 5.97 Å². The highest BCUT2D eigenvalue weighted by atomic mass is 35.5. The summed E-state index contributed by atoms with van der Waals surface area (Å²) in [5.74, 6) is -0.816. The zero-order chi connectivity index (χ0) is 8.15. The maximum Gasteiger partial charge on any atom is 0.320 e. The van der Waals surface area contributed by atoms with Crippen LogP contribution in [0.5, 0.6) is 0 Å². The normalized spacial score (nSPS) is 14.8. The standard InChI is InChI=1S/C7H15NO2.ClH/c1-3-4-5(2)6(8)7(9)10;/h5-6H,3-4,8H2,1-2H3,(H,9,10);1H. The number of hydrogen-bond donors (Lipinski definition) is 2. The maximum absolute atomic E-state index is 10.3. The molecule has 68 valence electrons. The number of carboxylic acid groups (broad SMARTS) is 1. The molecule has 0 aliphatic carbocycles. The van der Waals surface area contributed by atoms with Gasteiger partial charge in [-0.1, -0.05) is 20.3 Å². The van der Waals surface area contributed by atoms with Crippen molar-refractivity contribution in [3.05, 3.63) is 0 Å². The molecule has 0 aliphatic heterocycles. The lowest BCUT2D eigenvalue weighted by Gasteiger charge is -2.13. The zero-order valence-corrected chi connectivity index (χ0v) is 7.73. The first-order valence-electron chi connectivity index (χ1n) is 3.58.